The van der Waals surface area contributed by atoms with Crippen LogP contribution in [0.3, 0.4) is 0 Å². The molecule has 0 amide bonds. The highest BCUT2D eigenvalue weighted by atomic mass is 32.1. The topological polar surface area (TPSA) is 63.1 Å². The molecule has 0 saturated carbocycles. The van der Waals surface area contributed by atoms with E-state index in [0.29, 0.717) is 11.1 Å². The zero-order valence-corrected chi connectivity index (χ0v) is 14.0. The van der Waals surface area contributed by atoms with Crippen LogP contribution in [0.2, 0.25) is 0 Å². The summed E-state index contributed by atoms with van der Waals surface area (Å²) in [5, 5.41) is 9.80. The molecule has 1 aliphatic rings. The zero-order valence-electron chi connectivity index (χ0n) is 13.2. The molecule has 5 heteroatoms. The van der Waals surface area contributed by atoms with Gasteiger partial charge in [-0.2, -0.15) is 0 Å². The molecule has 24 heavy (non-hydrogen) atoms. The molecule has 1 aromatic carbocycles. The van der Waals surface area contributed by atoms with Gasteiger partial charge in [-0.1, -0.05) is 0 Å². The summed E-state index contributed by atoms with van der Waals surface area (Å²) in [5.41, 5.74) is 7.36. The Hall–Kier alpha value is -2.79. The fourth-order valence-electron chi connectivity index (χ4n) is 3.08. The Labute approximate surface area is 143 Å². The largest absolute Gasteiger partial charge is 0.508 e. The maximum absolute atomic E-state index is 13.1. The molecule has 0 atom stereocenters. The molecule has 0 unspecified atom stereocenters. The van der Waals surface area contributed by atoms with Crippen LogP contribution < -0.4 is 0 Å². The van der Waals surface area contributed by atoms with E-state index in [1.54, 1.807) is 30.0 Å². The van der Waals surface area contributed by atoms with Gasteiger partial charge in [-0.3, -0.25) is 9.78 Å². The molecular formula is C19H14N2O2S. The van der Waals surface area contributed by atoms with Crippen LogP contribution in [0, 0.1) is 13.8 Å². The van der Waals surface area contributed by atoms with Gasteiger partial charge in [-0.05, 0) is 49.2 Å². The maximum atomic E-state index is 13.1. The highest BCUT2D eigenvalue weighted by Crippen LogP contribution is 2.45. The van der Waals surface area contributed by atoms with Gasteiger partial charge in [-0.15, -0.1) is 11.3 Å². The van der Waals surface area contributed by atoms with Gasteiger partial charge >= 0.3 is 0 Å². The van der Waals surface area contributed by atoms with Crippen LogP contribution in [0.4, 0.5) is 0 Å². The third-order valence-corrected chi connectivity index (χ3v) is 5.22. The van der Waals surface area contributed by atoms with Gasteiger partial charge < -0.3 is 5.11 Å². The Bertz CT molecular complexity index is 1020. The van der Waals surface area contributed by atoms with Crippen molar-refractivity contribution < 1.29 is 9.90 Å². The SMILES string of the molecule is Cc1ccncc1C1=C(c2scnc2C)c2ccc(O)cc2C1=O. The number of fused-ring (bicyclic) bond motifs is 1. The number of hydrogen-bond acceptors (Lipinski definition) is 5. The van der Waals surface area contributed by atoms with Crippen LogP contribution >= 0.6 is 11.3 Å². The molecule has 0 spiro atoms. The van der Waals surface area contributed by atoms with E-state index in [1.807, 2.05) is 19.9 Å². The number of nitrogens with zero attached hydrogens (tertiary/aromatic N) is 2. The Morgan fingerprint density at radius 1 is 1.04 bits per heavy atom. The molecule has 0 fully saturated rings. The number of phenols is 1. The summed E-state index contributed by atoms with van der Waals surface area (Å²) >= 11 is 1.52. The molecule has 1 aliphatic carbocycles. The first kappa shape index (κ1) is 14.8. The molecule has 0 radical (unpaired) electrons. The van der Waals surface area contributed by atoms with E-state index in [4.69, 9.17) is 0 Å². The van der Waals surface area contributed by atoms with E-state index < -0.39 is 0 Å². The minimum Gasteiger partial charge on any atom is -0.508 e. The summed E-state index contributed by atoms with van der Waals surface area (Å²) < 4.78 is 0. The number of phenolic OH excluding ortho intramolecular Hbond substituents is 1. The molecule has 1 N–H and O–H groups in total. The van der Waals surface area contributed by atoms with Gasteiger partial charge in [0.05, 0.1) is 16.1 Å². The number of carbonyl (C=O) groups excluding carboxylic acids is 1. The summed E-state index contributed by atoms with van der Waals surface area (Å²) in [6.45, 7) is 3.91. The van der Waals surface area contributed by atoms with Gasteiger partial charge in [0.15, 0.2) is 5.78 Å². The van der Waals surface area contributed by atoms with Crippen LogP contribution in [0.5, 0.6) is 5.75 Å². The van der Waals surface area contributed by atoms with Crippen LogP contribution in [-0.2, 0) is 0 Å². The zero-order chi connectivity index (χ0) is 16.8. The van der Waals surface area contributed by atoms with Crippen molar-refractivity contribution in [1.82, 2.24) is 9.97 Å². The van der Waals surface area contributed by atoms with Crippen molar-refractivity contribution in [2.45, 2.75) is 13.8 Å². The second-order valence-electron chi connectivity index (χ2n) is 5.77. The second-order valence-corrected chi connectivity index (χ2v) is 6.62. The number of hydrogen-bond donors (Lipinski definition) is 1. The quantitative estimate of drug-likeness (QED) is 0.769. The summed E-state index contributed by atoms with van der Waals surface area (Å²) in [6, 6.07) is 6.84. The molecule has 4 nitrogen and oxygen atoms in total. The predicted octanol–water partition coefficient (Wildman–Crippen LogP) is 4.02. The number of ketones is 1. The number of thiazole rings is 1. The number of carbonyl (C=O) groups is 1. The number of aryl methyl sites for hydroxylation is 2. The molecule has 118 valence electrons. The maximum Gasteiger partial charge on any atom is 0.195 e. The Morgan fingerprint density at radius 3 is 2.58 bits per heavy atom. The predicted molar refractivity (Wildman–Crippen MR) is 94.2 cm³/mol. The fraction of sp³-hybridized carbons (Fsp3) is 0.105. The molecule has 3 aromatic rings. The molecule has 4 rings (SSSR count). The summed E-state index contributed by atoms with van der Waals surface area (Å²) in [7, 11) is 0. The standard InChI is InChI=1S/C19H14N2O2S/c1-10-5-6-20-8-15(10)16-17(19-11(2)21-9-24-19)13-4-3-12(22)7-14(13)18(16)23/h3-9,22H,1-2H3. The normalized spacial score (nSPS) is 13.5. The first-order valence-electron chi connectivity index (χ1n) is 7.51. The van der Waals surface area contributed by atoms with E-state index >= 15 is 0 Å². The van der Waals surface area contributed by atoms with Crippen molar-refractivity contribution in [1.29, 1.82) is 0 Å². The van der Waals surface area contributed by atoms with Gasteiger partial charge in [-0.25, -0.2) is 4.98 Å². The first-order valence-corrected chi connectivity index (χ1v) is 8.39. The van der Waals surface area contributed by atoms with Crippen molar-refractivity contribution in [2.75, 3.05) is 0 Å². The van der Waals surface area contributed by atoms with Gasteiger partial charge in [0.25, 0.3) is 0 Å². The highest BCUT2D eigenvalue weighted by molar-refractivity contribution is 7.11. The molecule has 2 heterocycles. The van der Waals surface area contributed by atoms with Crippen molar-refractivity contribution in [2.24, 2.45) is 0 Å². The lowest BCUT2D eigenvalue weighted by atomic mass is 9.96. The summed E-state index contributed by atoms with van der Waals surface area (Å²) in [4.78, 5) is 22.6. The lowest BCUT2D eigenvalue weighted by Gasteiger charge is -2.09. The van der Waals surface area contributed by atoms with Crippen LogP contribution in [0.25, 0.3) is 11.1 Å². The molecular weight excluding hydrogens is 320 g/mol. The van der Waals surface area contributed by atoms with E-state index in [9.17, 15) is 9.90 Å². The number of pyridine rings is 1. The number of aromatic hydroxyl groups is 1. The van der Waals surface area contributed by atoms with E-state index in [-0.39, 0.29) is 11.5 Å². The third kappa shape index (κ3) is 2.09. The summed E-state index contributed by atoms with van der Waals surface area (Å²) in [5.74, 6) is 0.00596. The number of benzene rings is 1. The number of aromatic nitrogens is 2. The molecule has 0 saturated heterocycles. The minimum absolute atomic E-state index is 0.0835. The van der Waals surface area contributed by atoms with Crippen LogP contribution in [-0.4, -0.2) is 20.9 Å². The van der Waals surface area contributed by atoms with E-state index in [2.05, 4.69) is 9.97 Å². The Morgan fingerprint density at radius 2 is 1.88 bits per heavy atom. The number of rotatable bonds is 2. The number of allylic oxidation sites excluding steroid dienone is 1. The lowest BCUT2D eigenvalue weighted by molar-refractivity contribution is 0.105. The van der Waals surface area contributed by atoms with Crippen LogP contribution in [0.15, 0.2) is 42.2 Å². The monoisotopic (exact) mass is 334 g/mol. The summed E-state index contributed by atoms with van der Waals surface area (Å²) in [6.07, 6.45) is 3.44. The van der Waals surface area contributed by atoms with Crippen molar-refractivity contribution in [3.05, 3.63) is 75.0 Å². The smallest absolute Gasteiger partial charge is 0.195 e. The van der Waals surface area contributed by atoms with E-state index in [0.717, 1.165) is 32.8 Å². The van der Waals surface area contributed by atoms with E-state index in [1.165, 1.54) is 17.4 Å². The van der Waals surface area contributed by atoms with Gasteiger partial charge in [0, 0.05) is 34.7 Å². The fourth-order valence-corrected chi connectivity index (χ4v) is 3.95. The second kappa shape index (κ2) is 5.39. The average Bonchev–Trinajstić information content (AvgIpc) is 3.10. The first-order chi connectivity index (χ1) is 11.6. The molecule has 2 aromatic heterocycles. The highest BCUT2D eigenvalue weighted by Gasteiger charge is 2.33. The molecule has 0 aliphatic heterocycles. The van der Waals surface area contributed by atoms with Crippen molar-refractivity contribution >= 4 is 28.3 Å². The lowest BCUT2D eigenvalue weighted by Crippen LogP contribution is -2.01. The third-order valence-electron chi connectivity index (χ3n) is 4.28. The Balaban J connectivity index is 2.09. The minimum atomic E-state index is -0.0835. The van der Waals surface area contributed by atoms with Crippen molar-refractivity contribution in [3.63, 3.8) is 0 Å². The average molecular weight is 334 g/mol. The molecule has 0 bridgehead atoms. The van der Waals surface area contributed by atoms with Gasteiger partial charge in [0.2, 0.25) is 0 Å². The van der Waals surface area contributed by atoms with Gasteiger partial charge in [0.1, 0.15) is 5.75 Å². The van der Waals surface area contributed by atoms with Crippen LogP contribution in [0.1, 0.15) is 37.6 Å². The number of Topliss-reactive ketones (excluding diaryl/α,β-unsaturated/α-hetero) is 1. The Kier molecular flexibility index (Phi) is 3.32. The van der Waals surface area contributed by atoms with Crippen molar-refractivity contribution in [3.8, 4) is 5.75 Å².